The first-order chi connectivity index (χ1) is 13.6. The minimum absolute atomic E-state index is 0.0859. The molecular weight excluding hydrogens is 352 g/mol. The molecule has 4 rings (SSSR count). The standard InChI is InChI=1S/C23H22N2O3/c1-15-4-6-16(7-5-15)8-9-17-10-18-13-24-20-12-22(28-3)21(27-2)11-19(20)23(26)25(18)14-17/h4-9,11-14,18H,10H2,1-3H3/b9-8+/t18-/m0/s1. The van der Waals surface area contributed by atoms with Gasteiger partial charge < -0.3 is 14.4 Å². The van der Waals surface area contributed by atoms with E-state index in [-0.39, 0.29) is 11.9 Å². The average molecular weight is 374 g/mol. The maximum Gasteiger partial charge on any atom is 0.260 e. The van der Waals surface area contributed by atoms with E-state index in [1.165, 1.54) is 5.56 Å². The van der Waals surface area contributed by atoms with Crippen LogP contribution in [0.1, 0.15) is 27.9 Å². The number of carbonyl (C=O) groups is 1. The summed E-state index contributed by atoms with van der Waals surface area (Å²) in [6.45, 7) is 2.07. The lowest BCUT2D eigenvalue weighted by Crippen LogP contribution is -2.32. The zero-order valence-electron chi connectivity index (χ0n) is 16.2. The predicted molar refractivity (Wildman–Crippen MR) is 111 cm³/mol. The first kappa shape index (κ1) is 18.0. The quantitative estimate of drug-likeness (QED) is 0.789. The molecule has 2 aromatic rings. The molecule has 0 spiro atoms. The summed E-state index contributed by atoms with van der Waals surface area (Å²) in [5, 5.41) is 0. The minimum atomic E-state index is -0.0884. The number of aryl methyl sites for hydroxylation is 1. The number of ether oxygens (including phenoxy) is 2. The van der Waals surface area contributed by atoms with Crippen LogP contribution in [0.15, 0.2) is 59.2 Å². The van der Waals surface area contributed by atoms with Crippen molar-refractivity contribution >= 4 is 23.9 Å². The summed E-state index contributed by atoms with van der Waals surface area (Å²) in [5.74, 6) is 0.994. The van der Waals surface area contributed by atoms with Crippen LogP contribution in [0.4, 0.5) is 5.69 Å². The van der Waals surface area contributed by atoms with Crippen LogP contribution in [-0.2, 0) is 0 Å². The molecule has 0 saturated carbocycles. The van der Waals surface area contributed by atoms with Gasteiger partial charge in [0.25, 0.3) is 5.91 Å². The van der Waals surface area contributed by atoms with Crippen LogP contribution >= 0.6 is 0 Å². The number of hydrogen-bond donors (Lipinski definition) is 0. The Kier molecular flexibility index (Phi) is 4.74. The number of methoxy groups -OCH3 is 2. The first-order valence-corrected chi connectivity index (χ1v) is 9.17. The number of benzene rings is 2. The third-order valence-corrected chi connectivity index (χ3v) is 5.03. The van der Waals surface area contributed by atoms with E-state index >= 15 is 0 Å². The predicted octanol–water partition coefficient (Wildman–Crippen LogP) is 4.54. The van der Waals surface area contributed by atoms with Crippen molar-refractivity contribution in [2.75, 3.05) is 14.2 Å². The van der Waals surface area contributed by atoms with Crippen molar-refractivity contribution in [2.45, 2.75) is 19.4 Å². The van der Waals surface area contributed by atoms with Gasteiger partial charge in [0.15, 0.2) is 11.5 Å². The minimum Gasteiger partial charge on any atom is -0.493 e. The van der Waals surface area contributed by atoms with Gasteiger partial charge in [0.05, 0.1) is 31.5 Å². The lowest BCUT2D eigenvalue weighted by Gasteiger charge is -2.18. The first-order valence-electron chi connectivity index (χ1n) is 9.17. The Labute approximate surface area is 164 Å². The Hall–Kier alpha value is -3.34. The van der Waals surface area contributed by atoms with E-state index in [2.05, 4.69) is 48.3 Å². The second-order valence-corrected chi connectivity index (χ2v) is 6.93. The number of rotatable bonds is 4. The fraction of sp³-hybridized carbons (Fsp3) is 0.217. The third-order valence-electron chi connectivity index (χ3n) is 5.03. The topological polar surface area (TPSA) is 51.1 Å². The van der Waals surface area contributed by atoms with Crippen molar-refractivity contribution in [2.24, 2.45) is 4.99 Å². The van der Waals surface area contributed by atoms with Gasteiger partial charge in [-0.2, -0.15) is 0 Å². The van der Waals surface area contributed by atoms with E-state index < -0.39 is 0 Å². The summed E-state index contributed by atoms with van der Waals surface area (Å²) in [6, 6.07) is 11.7. The fourth-order valence-electron chi connectivity index (χ4n) is 3.44. The molecular formula is C23H22N2O3. The number of carbonyl (C=O) groups excluding carboxylic acids is 1. The summed E-state index contributed by atoms with van der Waals surface area (Å²) >= 11 is 0. The van der Waals surface area contributed by atoms with Crippen molar-refractivity contribution in [3.63, 3.8) is 0 Å². The van der Waals surface area contributed by atoms with E-state index in [1.54, 1.807) is 31.3 Å². The number of nitrogens with zero attached hydrogens (tertiary/aromatic N) is 2. The lowest BCUT2D eigenvalue weighted by molar-refractivity contribution is 0.0817. The van der Waals surface area contributed by atoms with E-state index in [0.29, 0.717) is 22.7 Å². The molecule has 0 bridgehead atoms. The molecule has 0 aliphatic carbocycles. The highest BCUT2D eigenvalue weighted by atomic mass is 16.5. The van der Waals surface area contributed by atoms with E-state index in [4.69, 9.17) is 9.47 Å². The molecule has 0 saturated heterocycles. The molecule has 0 radical (unpaired) electrons. The summed E-state index contributed by atoms with van der Waals surface area (Å²) in [5.41, 5.74) is 4.57. The van der Waals surface area contributed by atoms with Crippen molar-refractivity contribution in [3.8, 4) is 11.5 Å². The van der Waals surface area contributed by atoms with Crippen LogP contribution in [0.25, 0.3) is 6.08 Å². The van der Waals surface area contributed by atoms with Crippen molar-refractivity contribution in [1.82, 2.24) is 4.90 Å². The molecule has 28 heavy (non-hydrogen) atoms. The Morgan fingerprint density at radius 3 is 2.50 bits per heavy atom. The molecule has 2 aromatic carbocycles. The summed E-state index contributed by atoms with van der Waals surface area (Å²) in [6.07, 6.45) is 8.62. The van der Waals surface area contributed by atoms with Gasteiger partial charge in [-0.25, -0.2) is 0 Å². The Balaban J connectivity index is 1.62. The van der Waals surface area contributed by atoms with Gasteiger partial charge in [-0.15, -0.1) is 0 Å². The molecule has 2 aliphatic heterocycles. The van der Waals surface area contributed by atoms with Gasteiger partial charge in [-0.1, -0.05) is 42.0 Å². The van der Waals surface area contributed by atoms with Crippen LogP contribution in [0.2, 0.25) is 0 Å². The highest BCUT2D eigenvalue weighted by Gasteiger charge is 2.32. The van der Waals surface area contributed by atoms with Crippen molar-refractivity contribution in [3.05, 3.63) is 70.9 Å². The monoisotopic (exact) mass is 374 g/mol. The number of allylic oxidation sites excluding steroid dienone is 1. The van der Waals surface area contributed by atoms with Crippen LogP contribution in [0.3, 0.4) is 0 Å². The van der Waals surface area contributed by atoms with Gasteiger partial charge in [0.1, 0.15) is 0 Å². The maximum atomic E-state index is 13.1. The number of hydrogen-bond acceptors (Lipinski definition) is 4. The second kappa shape index (κ2) is 7.35. The van der Waals surface area contributed by atoms with Gasteiger partial charge in [0, 0.05) is 18.5 Å². The molecule has 2 aliphatic rings. The molecule has 5 heteroatoms. The normalized spacial score (nSPS) is 18.0. The summed E-state index contributed by atoms with van der Waals surface area (Å²) in [4.78, 5) is 19.4. The lowest BCUT2D eigenvalue weighted by atomic mass is 10.1. The number of fused-ring (bicyclic) bond motifs is 2. The van der Waals surface area contributed by atoms with Gasteiger partial charge in [-0.05, 0) is 30.5 Å². The molecule has 1 amide bonds. The second-order valence-electron chi connectivity index (χ2n) is 6.93. The van der Waals surface area contributed by atoms with Crippen LogP contribution in [-0.4, -0.2) is 37.3 Å². The molecule has 2 heterocycles. The maximum absolute atomic E-state index is 13.1. The van der Waals surface area contributed by atoms with Crippen molar-refractivity contribution in [1.29, 1.82) is 0 Å². The van der Waals surface area contributed by atoms with Gasteiger partial charge in [-0.3, -0.25) is 9.79 Å². The smallest absolute Gasteiger partial charge is 0.260 e. The molecule has 142 valence electrons. The molecule has 5 nitrogen and oxygen atoms in total. The third kappa shape index (κ3) is 3.31. The number of aliphatic imine (C=N–C) groups is 1. The average Bonchev–Trinajstić information content (AvgIpc) is 3.08. The Morgan fingerprint density at radius 1 is 1.07 bits per heavy atom. The molecule has 0 unspecified atom stereocenters. The fourth-order valence-corrected chi connectivity index (χ4v) is 3.44. The van der Waals surface area contributed by atoms with E-state index in [1.807, 2.05) is 12.4 Å². The molecule has 1 atom stereocenters. The molecule has 0 fully saturated rings. The Morgan fingerprint density at radius 2 is 1.79 bits per heavy atom. The molecule has 0 N–H and O–H groups in total. The van der Waals surface area contributed by atoms with Gasteiger partial charge in [0.2, 0.25) is 0 Å². The van der Waals surface area contributed by atoms with Crippen LogP contribution < -0.4 is 9.47 Å². The summed E-state index contributed by atoms with van der Waals surface area (Å²) < 4.78 is 10.7. The Bertz CT molecular complexity index is 1000. The van der Waals surface area contributed by atoms with E-state index in [0.717, 1.165) is 17.6 Å². The highest BCUT2D eigenvalue weighted by molar-refractivity contribution is 6.04. The van der Waals surface area contributed by atoms with Crippen LogP contribution in [0.5, 0.6) is 11.5 Å². The highest BCUT2D eigenvalue weighted by Crippen LogP contribution is 2.38. The zero-order valence-corrected chi connectivity index (χ0v) is 16.2. The largest absolute Gasteiger partial charge is 0.493 e. The van der Waals surface area contributed by atoms with Crippen LogP contribution in [0, 0.1) is 6.92 Å². The SMILES string of the molecule is COc1cc2c(cc1OC)C(=O)N1C=C(/C=C/c3ccc(C)cc3)C[C@H]1C=N2. The number of amides is 1. The van der Waals surface area contributed by atoms with Gasteiger partial charge >= 0.3 is 0 Å². The van der Waals surface area contributed by atoms with E-state index in [9.17, 15) is 4.79 Å². The van der Waals surface area contributed by atoms with Crippen molar-refractivity contribution < 1.29 is 14.3 Å². The summed E-state index contributed by atoms with van der Waals surface area (Å²) in [7, 11) is 3.13. The molecule has 0 aromatic heterocycles. The zero-order chi connectivity index (χ0) is 19.7.